The Morgan fingerprint density at radius 2 is 2.50 bits per heavy atom. The number of fused-ring (bicyclic) bond motifs is 1. The second-order valence-corrected chi connectivity index (χ2v) is 4.45. The summed E-state index contributed by atoms with van der Waals surface area (Å²) in [6.07, 6.45) is 7.41. The van der Waals surface area contributed by atoms with Crippen molar-refractivity contribution in [1.29, 1.82) is 0 Å². The van der Waals surface area contributed by atoms with E-state index in [1.807, 2.05) is 22.9 Å². The third-order valence-electron chi connectivity index (χ3n) is 1.65. The van der Waals surface area contributed by atoms with Gasteiger partial charge in [0, 0.05) is 24.3 Å². The Bertz CT molecular complexity index is 466. The van der Waals surface area contributed by atoms with Gasteiger partial charge in [0.1, 0.15) is 9.63 Å². The number of aromatic nitrogens is 3. The number of imidazole rings is 1. The van der Waals surface area contributed by atoms with E-state index in [1.54, 1.807) is 18.0 Å². The second kappa shape index (κ2) is 4.14. The number of hydrogen-bond donors (Lipinski definition) is 0. The highest BCUT2D eigenvalue weighted by molar-refractivity contribution is 9.10. The molecule has 0 atom stereocenters. The third kappa shape index (κ3) is 1.83. The highest BCUT2D eigenvalue weighted by atomic mass is 79.9. The van der Waals surface area contributed by atoms with Gasteiger partial charge >= 0.3 is 0 Å². The molecule has 0 radical (unpaired) electrons. The van der Waals surface area contributed by atoms with Crippen molar-refractivity contribution < 1.29 is 0 Å². The molecule has 14 heavy (non-hydrogen) atoms. The minimum absolute atomic E-state index is 0.814. The molecule has 2 aromatic rings. The van der Waals surface area contributed by atoms with Gasteiger partial charge in [-0.05, 0) is 15.9 Å². The van der Waals surface area contributed by atoms with E-state index in [-0.39, 0.29) is 0 Å². The van der Waals surface area contributed by atoms with Gasteiger partial charge in [0.05, 0.1) is 0 Å². The molecule has 0 spiro atoms. The zero-order chi connectivity index (χ0) is 9.97. The summed E-state index contributed by atoms with van der Waals surface area (Å²) in [6.45, 7) is 3.68. The molecule has 0 bridgehead atoms. The molecule has 0 fully saturated rings. The molecule has 0 aliphatic heterocycles. The Hall–Kier alpha value is -0.810. The van der Waals surface area contributed by atoms with Crippen LogP contribution in [0.3, 0.4) is 0 Å². The zero-order valence-corrected chi connectivity index (χ0v) is 9.75. The van der Waals surface area contributed by atoms with E-state index in [1.165, 1.54) is 0 Å². The summed E-state index contributed by atoms with van der Waals surface area (Å²) in [4.78, 5) is 8.60. The van der Waals surface area contributed by atoms with E-state index in [0.717, 1.165) is 21.0 Å². The molecule has 0 N–H and O–H groups in total. The summed E-state index contributed by atoms with van der Waals surface area (Å²) in [5, 5.41) is 0.921. The smallest absolute Gasteiger partial charge is 0.169 e. The van der Waals surface area contributed by atoms with Crippen LogP contribution in [-0.2, 0) is 0 Å². The maximum atomic E-state index is 4.36. The molecule has 2 aromatic heterocycles. The van der Waals surface area contributed by atoms with Crippen LogP contribution < -0.4 is 0 Å². The van der Waals surface area contributed by atoms with Crippen molar-refractivity contribution in [3.05, 3.63) is 35.8 Å². The molecule has 72 valence electrons. The second-order valence-electron chi connectivity index (χ2n) is 2.63. The first-order valence-electron chi connectivity index (χ1n) is 4.04. The fraction of sp³-hybridized carbons (Fsp3) is 0.111. The van der Waals surface area contributed by atoms with Gasteiger partial charge in [-0.1, -0.05) is 17.8 Å². The number of rotatable bonds is 3. The summed E-state index contributed by atoms with van der Waals surface area (Å²) in [7, 11) is 0. The average Bonchev–Trinajstić information content (AvgIpc) is 2.61. The van der Waals surface area contributed by atoms with Gasteiger partial charge in [0.2, 0.25) is 0 Å². The van der Waals surface area contributed by atoms with Crippen LogP contribution in [0.15, 0.2) is 40.9 Å². The fourth-order valence-corrected chi connectivity index (χ4v) is 2.35. The van der Waals surface area contributed by atoms with Crippen molar-refractivity contribution >= 4 is 33.3 Å². The van der Waals surface area contributed by atoms with Gasteiger partial charge in [-0.2, -0.15) is 0 Å². The first-order valence-corrected chi connectivity index (χ1v) is 5.82. The zero-order valence-electron chi connectivity index (χ0n) is 7.35. The SMILES string of the molecule is C=CCSc1nc(Br)cn2ccnc12. The third-order valence-corrected chi connectivity index (χ3v) is 2.98. The van der Waals surface area contributed by atoms with Gasteiger partial charge in [0.25, 0.3) is 0 Å². The van der Waals surface area contributed by atoms with Crippen LogP contribution in [-0.4, -0.2) is 20.1 Å². The minimum Gasteiger partial charge on any atom is -0.302 e. The molecule has 0 aliphatic rings. The Balaban J connectivity index is 2.49. The van der Waals surface area contributed by atoms with Crippen LogP contribution in [0.5, 0.6) is 0 Å². The average molecular weight is 270 g/mol. The van der Waals surface area contributed by atoms with Crippen molar-refractivity contribution in [3.8, 4) is 0 Å². The molecular weight excluding hydrogens is 262 g/mol. The van der Waals surface area contributed by atoms with Crippen LogP contribution in [0.2, 0.25) is 0 Å². The first kappa shape index (κ1) is 9.73. The lowest BCUT2D eigenvalue weighted by molar-refractivity contribution is 1.01. The van der Waals surface area contributed by atoms with E-state index < -0.39 is 0 Å². The lowest BCUT2D eigenvalue weighted by Crippen LogP contribution is -1.91. The Morgan fingerprint density at radius 3 is 3.29 bits per heavy atom. The van der Waals surface area contributed by atoms with Crippen LogP contribution >= 0.6 is 27.7 Å². The van der Waals surface area contributed by atoms with Gasteiger partial charge in [-0.15, -0.1) is 6.58 Å². The monoisotopic (exact) mass is 269 g/mol. The van der Waals surface area contributed by atoms with Crippen molar-refractivity contribution in [1.82, 2.24) is 14.4 Å². The summed E-state index contributed by atoms with van der Waals surface area (Å²) in [5.74, 6) is 0.839. The Labute approximate surface area is 94.4 Å². The fourth-order valence-electron chi connectivity index (χ4n) is 1.11. The van der Waals surface area contributed by atoms with Crippen LogP contribution in [0.25, 0.3) is 5.65 Å². The number of thioether (sulfide) groups is 1. The Kier molecular flexibility index (Phi) is 2.88. The standard InChI is InChI=1S/C9H8BrN3S/c1-2-5-14-9-8-11-3-4-13(8)6-7(10)12-9/h2-4,6H,1,5H2. The molecule has 3 nitrogen and oxygen atoms in total. The maximum absolute atomic E-state index is 4.36. The Morgan fingerprint density at radius 1 is 1.64 bits per heavy atom. The number of halogens is 1. The first-order chi connectivity index (χ1) is 6.81. The molecule has 0 aliphatic carbocycles. The van der Waals surface area contributed by atoms with E-state index in [0.29, 0.717) is 0 Å². The highest BCUT2D eigenvalue weighted by Crippen LogP contribution is 2.22. The van der Waals surface area contributed by atoms with E-state index in [4.69, 9.17) is 0 Å². The van der Waals surface area contributed by atoms with Crippen LogP contribution in [0.1, 0.15) is 0 Å². The van der Waals surface area contributed by atoms with Gasteiger partial charge in [0.15, 0.2) is 5.65 Å². The van der Waals surface area contributed by atoms with E-state index in [9.17, 15) is 0 Å². The van der Waals surface area contributed by atoms with Crippen molar-refractivity contribution in [3.63, 3.8) is 0 Å². The van der Waals surface area contributed by atoms with Crippen LogP contribution in [0, 0.1) is 0 Å². The molecule has 0 saturated heterocycles. The predicted molar refractivity (Wildman–Crippen MR) is 61.6 cm³/mol. The van der Waals surface area contributed by atoms with E-state index >= 15 is 0 Å². The maximum Gasteiger partial charge on any atom is 0.169 e. The van der Waals surface area contributed by atoms with Gasteiger partial charge in [-0.3, -0.25) is 0 Å². The normalized spacial score (nSPS) is 10.6. The highest BCUT2D eigenvalue weighted by Gasteiger charge is 2.05. The molecule has 0 amide bonds. The topological polar surface area (TPSA) is 30.2 Å². The molecule has 2 rings (SSSR count). The van der Waals surface area contributed by atoms with Crippen molar-refractivity contribution in [2.45, 2.75) is 5.03 Å². The molecule has 2 heterocycles. The minimum atomic E-state index is 0.814. The van der Waals surface area contributed by atoms with Gasteiger partial charge < -0.3 is 4.40 Å². The molecule has 0 saturated carbocycles. The molecular formula is C9H8BrN3S. The number of nitrogens with zero attached hydrogens (tertiary/aromatic N) is 3. The van der Waals surface area contributed by atoms with E-state index in [2.05, 4.69) is 32.5 Å². The lowest BCUT2D eigenvalue weighted by Gasteiger charge is -2.01. The predicted octanol–water partition coefficient (Wildman–Crippen LogP) is 2.77. The van der Waals surface area contributed by atoms with Crippen LogP contribution in [0.4, 0.5) is 0 Å². The summed E-state index contributed by atoms with van der Waals surface area (Å²) >= 11 is 4.99. The van der Waals surface area contributed by atoms with Crippen molar-refractivity contribution in [2.75, 3.05) is 5.75 Å². The summed E-state index contributed by atoms with van der Waals surface area (Å²) < 4.78 is 2.76. The lowest BCUT2D eigenvalue weighted by atomic mass is 10.7. The largest absolute Gasteiger partial charge is 0.302 e. The molecule has 0 unspecified atom stereocenters. The molecule has 0 aromatic carbocycles. The van der Waals surface area contributed by atoms with Gasteiger partial charge in [-0.25, -0.2) is 9.97 Å². The quantitative estimate of drug-likeness (QED) is 0.634. The summed E-state index contributed by atoms with van der Waals surface area (Å²) in [6, 6.07) is 0. The summed E-state index contributed by atoms with van der Waals surface area (Å²) in [5.41, 5.74) is 0.889. The van der Waals surface area contributed by atoms with Crippen molar-refractivity contribution in [2.24, 2.45) is 0 Å². The molecule has 5 heteroatoms. The number of hydrogen-bond acceptors (Lipinski definition) is 3.